The molecule has 0 atom stereocenters. The van der Waals surface area contributed by atoms with Crippen LogP contribution in [-0.4, -0.2) is 23.0 Å². The van der Waals surface area contributed by atoms with Gasteiger partial charge in [-0.15, -0.1) is 0 Å². The van der Waals surface area contributed by atoms with Crippen LogP contribution in [0.1, 0.15) is 27.3 Å². The van der Waals surface area contributed by atoms with Crippen LogP contribution in [0.4, 0.5) is 17.3 Å². The molecular weight excluding hydrogens is 340 g/mol. The third-order valence-corrected chi connectivity index (χ3v) is 4.16. The monoisotopic (exact) mass is 362 g/mol. The summed E-state index contributed by atoms with van der Waals surface area (Å²) < 4.78 is 5.28. The number of nitrogens with one attached hydrogen (secondary N) is 2. The molecular formula is C21H22N4O2. The maximum absolute atomic E-state index is 12.7. The van der Waals surface area contributed by atoms with Crippen molar-refractivity contribution in [1.82, 2.24) is 9.97 Å². The van der Waals surface area contributed by atoms with Gasteiger partial charge in [0.2, 0.25) is 5.95 Å². The summed E-state index contributed by atoms with van der Waals surface area (Å²) in [5, 5.41) is 6.07. The summed E-state index contributed by atoms with van der Waals surface area (Å²) in [6.45, 7) is 5.86. The van der Waals surface area contributed by atoms with E-state index in [2.05, 4.69) is 20.6 Å². The number of benzene rings is 2. The Balaban J connectivity index is 1.88. The molecule has 0 saturated carbocycles. The van der Waals surface area contributed by atoms with E-state index >= 15 is 0 Å². The molecule has 0 radical (unpaired) electrons. The van der Waals surface area contributed by atoms with Gasteiger partial charge in [-0.1, -0.05) is 30.3 Å². The third-order valence-electron chi connectivity index (χ3n) is 4.16. The summed E-state index contributed by atoms with van der Waals surface area (Å²) in [7, 11) is 1.56. The van der Waals surface area contributed by atoms with Crippen molar-refractivity contribution in [2.45, 2.75) is 20.8 Å². The van der Waals surface area contributed by atoms with Gasteiger partial charge in [-0.3, -0.25) is 4.79 Å². The van der Waals surface area contributed by atoms with Gasteiger partial charge in [-0.05, 0) is 50.1 Å². The molecule has 0 fully saturated rings. The number of methoxy groups -OCH3 is 1. The van der Waals surface area contributed by atoms with Gasteiger partial charge in [0.25, 0.3) is 5.91 Å². The summed E-state index contributed by atoms with van der Waals surface area (Å²) in [6, 6.07) is 14.9. The lowest BCUT2D eigenvalue weighted by atomic mass is 10.1. The number of amides is 1. The van der Waals surface area contributed by atoms with Gasteiger partial charge in [0, 0.05) is 11.4 Å². The zero-order chi connectivity index (χ0) is 19.4. The van der Waals surface area contributed by atoms with Gasteiger partial charge >= 0.3 is 0 Å². The first kappa shape index (κ1) is 18.4. The second-order valence-electron chi connectivity index (χ2n) is 6.26. The van der Waals surface area contributed by atoms with E-state index in [4.69, 9.17) is 4.74 Å². The van der Waals surface area contributed by atoms with Gasteiger partial charge < -0.3 is 15.4 Å². The first-order valence-electron chi connectivity index (χ1n) is 8.61. The van der Waals surface area contributed by atoms with Crippen LogP contribution in [0.15, 0.2) is 48.5 Å². The molecule has 0 spiro atoms. The van der Waals surface area contributed by atoms with Crippen LogP contribution in [0.3, 0.4) is 0 Å². The lowest BCUT2D eigenvalue weighted by Gasteiger charge is -2.13. The second-order valence-corrected chi connectivity index (χ2v) is 6.26. The fourth-order valence-corrected chi connectivity index (χ4v) is 2.80. The standard InChI is InChI=1S/C21H22N4O2/c1-13-8-7-9-14(2)19(13)25-21-22-15(3)12-17(24-21)20(26)23-16-10-5-6-11-18(16)27-4/h5-12H,1-4H3,(H,23,26)(H,22,24,25). The van der Waals surface area contributed by atoms with E-state index in [1.54, 1.807) is 25.3 Å². The van der Waals surface area contributed by atoms with Crippen LogP contribution in [0.2, 0.25) is 0 Å². The van der Waals surface area contributed by atoms with Crippen molar-refractivity contribution in [3.63, 3.8) is 0 Å². The van der Waals surface area contributed by atoms with Crippen molar-refractivity contribution in [2.75, 3.05) is 17.7 Å². The molecule has 1 heterocycles. The summed E-state index contributed by atoms with van der Waals surface area (Å²) in [5.74, 6) is 0.651. The van der Waals surface area contributed by atoms with E-state index in [9.17, 15) is 4.79 Å². The predicted octanol–water partition coefficient (Wildman–Crippen LogP) is 4.41. The molecule has 0 bridgehead atoms. The third kappa shape index (κ3) is 4.23. The highest BCUT2D eigenvalue weighted by molar-refractivity contribution is 6.03. The fourth-order valence-electron chi connectivity index (χ4n) is 2.80. The van der Waals surface area contributed by atoms with E-state index in [1.807, 2.05) is 51.1 Å². The zero-order valence-electron chi connectivity index (χ0n) is 15.8. The molecule has 27 heavy (non-hydrogen) atoms. The minimum atomic E-state index is -0.324. The quantitative estimate of drug-likeness (QED) is 0.703. The summed E-state index contributed by atoms with van der Waals surface area (Å²) in [5.41, 5.74) is 4.68. The Labute approximate surface area is 158 Å². The second kappa shape index (κ2) is 7.86. The van der Waals surface area contributed by atoms with Gasteiger partial charge in [0.15, 0.2) is 0 Å². The molecule has 0 aliphatic heterocycles. The first-order chi connectivity index (χ1) is 13.0. The molecule has 0 saturated heterocycles. The fraction of sp³-hybridized carbons (Fsp3) is 0.190. The number of ether oxygens (including phenoxy) is 1. The maximum atomic E-state index is 12.7. The molecule has 0 aliphatic carbocycles. The van der Waals surface area contributed by atoms with Crippen LogP contribution in [0, 0.1) is 20.8 Å². The van der Waals surface area contributed by atoms with Crippen molar-refractivity contribution in [3.8, 4) is 5.75 Å². The summed E-state index contributed by atoms with van der Waals surface area (Å²) >= 11 is 0. The highest BCUT2D eigenvalue weighted by atomic mass is 16.5. The molecule has 6 nitrogen and oxygen atoms in total. The van der Waals surface area contributed by atoms with E-state index in [0.717, 1.165) is 16.8 Å². The van der Waals surface area contributed by atoms with Gasteiger partial charge in [0.1, 0.15) is 11.4 Å². The molecule has 1 aromatic heterocycles. The summed E-state index contributed by atoms with van der Waals surface area (Å²) in [4.78, 5) is 21.5. The molecule has 2 N–H and O–H groups in total. The highest BCUT2D eigenvalue weighted by Gasteiger charge is 2.14. The molecule has 2 aromatic carbocycles. The molecule has 138 valence electrons. The van der Waals surface area contributed by atoms with Gasteiger partial charge in [0.05, 0.1) is 12.8 Å². The van der Waals surface area contributed by atoms with Crippen LogP contribution in [0.25, 0.3) is 0 Å². The molecule has 3 aromatic rings. The van der Waals surface area contributed by atoms with Crippen LogP contribution in [-0.2, 0) is 0 Å². The van der Waals surface area contributed by atoms with E-state index in [1.165, 1.54) is 0 Å². The number of hydrogen-bond donors (Lipinski definition) is 2. The zero-order valence-corrected chi connectivity index (χ0v) is 15.8. The first-order valence-corrected chi connectivity index (χ1v) is 8.61. The molecule has 0 unspecified atom stereocenters. The Bertz CT molecular complexity index is 965. The average Bonchev–Trinajstić information content (AvgIpc) is 2.65. The topological polar surface area (TPSA) is 76.1 Å². The molecule has 6 heteroatoms. The Morgan fingerprint density at radius 1 is 0.963 bits per heavy atom. The summed E-state index contributed by atoms with van der Waals surface area (Å²) in [6.07, 6.45) is 0. The lowest BCUT2D eigenvalue weighted by molar-refractivity contribution is 0.102. The highest BCUT2D eigenvalue weighted by Crippen LogP contribution is 2.25. The number of rotatable bonds is 5. The van der Waals surface area contributed by atoms with Crippen molar-refractivity contribution in [2.24, 2.45) is 0 Å². The Morgan fingerprint density at radius 3 is 2.37 bits per heavy atom. The van der Waals surface area contributed by atoms with Gasteiger partial charge in [-0.25, -0.2) is 9.97 Å². The minimum Gasteiger partial charge on any atom is -0.495 e. The van der Waals surface area contributed by atoms with E-state index in [0.29, 0.717) is 23.1 Å². The number of hydrogen-bond acceptors (Lipinski definition) is 5. The number of nitrogens with zero attached hydrogens (tertiary/aromatic N) is 2. The van der Waals surface area contributed by atoms with Gasteiger partial charge in [-0.2, -0.15) is 0 Å². The predicted molar refractivity (Wildman–Crippen MR) is 107 cm³/mol. The Hall–Kier alpha value is -3.41. The Morgan fingerprint density at radius 2 is 1.67 bits per heavy atom. The SMILES string of the molecule is COc1ccccc1NC(=O)c1cc(C)nc(Nc2c(C)cccc2C)n1. The number of aryl methyl sites for hydroxylation is 3. The van der Waals surface area contributed by atoms with Crippen LogP contribution >= 0.6 is 0 Å². The molecule has 1 amide bonds. The smallest absolute Gasteiger partial charge is 0.274 e. The minimum absolute atomic E-state index is 0.280. The average molecular weight is 362 g/mol. The van der Waals surface area contributed by atoms with Crippen molar-refractivity contribution in [3.05, 3.63) is 71.0 Å². The largest absolute Gasteiger partial charge is 0.495 e. The number of anilines is 3. The maximum Gasteiger partial charge on any atom is 0.274 e. The molecule has 3 rings (SSSR count). The molecule has 0 aliphatic rings. The lowest BCUT2D eigenvalue weighted by Crippen LogP contribution is -2.16. The Kier molecular flexibility index (Phi) is 5.35. The van der Waals surface area contributed by atoms with E-state index in [-0.39, 0.29) is 11.6 Å². The number of para-hydroxylation sites is 3. The van der Waals surface area contributed by atoms with Crippen molar-refractivity contribution < 1.29 is 9.53 Å². The number of carbonyl (C=O) groups is 1. The van der Waals surface area contributed by atoms with Crippen molar-refractivity contribution in [1.29, 1.82) is 0 Å². The van der Waals surface area contributed by atoms with Crippen LogP contribution in [0.5, 0.6) is 5.75 Å². The van der Waals surface area contributed by atoms with Crippen LogP contribution < -0.4 is 15.4 Å². The number of aromatic nitrogens is 2. The number of carbonyl (C=O) groups excluding carboxylic acids is 1. The normalized spacial score (nSPS) is 10.4. The van der Waals surface area contributed by atoms with Crippen molar-refractivity contribution >= 4 is 23.2 Å². The van der Waals surface area contributed by atoms with E-state index < -0.39 is 0 Å².